The second kappa shape index (κ2) is 4.38. The number of nitrogens with zero attached hydrogens (tertiary/aromatic N) is 1. The summed E-state index contributed by atoms with van der Waals surface area (Å²) in [4.78, 5) is 14.2. The van der Waals surface area contributed by atoms with Gasteiger partial charge in [-0.25, -0.2) is 0 Å². The molecule has 1 heterocycles. The first-order valence-corrected chi connectivity index (χ1v) is 8.03. The van der Waals surface area contributed by atoms with Crippen LogP contribution < -0.4 is 29.9 Å². The van der Waals surface area contributed by atoms with Gasteiger partial charge in [0.25, 0.3) is 0 Å². The molecule has 1 aliphatic heterocycles. The van der Waals surface area contributed by atoms with Crippen LogP contribution in [0, 0.1) is 5.92 Å². The van der Waals surface area contributed by atoms with E-state index in [1.807, 2.05) is 34.3 Å². The molecule has 1 atom stereocenters. The van der Waals surface area contributed by atoms with E-state index >= 15 is 0 Å². The number of halogens is 1. The number of rotatable bonds is 1. The molecule has 1 aromatic carbocycles. The van der Waals surface area contributed by atoms with Crippen molar-refractivity contribution in [3.05, 3.63) is 24.3 Å². The SMILES string of the molecule is C[I-]N1C(=O)C(C)CNc2ccccc21. The summed E-state index contributed by atoms with van der Waals surface area (Å²) in [6.45, 7) is 2.71. The first-order valence-electron chi connectivity index (χ1n) is 4.90. The first kappa shape index (κ1) is 10.7. The Morgan fingerprint density at radius 3 is 2.93 bits per heavy atom. The molecule has 0 bridgehead atoms. The Morgan fingerprint density at radius 2 is 2.20 bits per heavy atom. The Kier molecular flexibility index (Phi) is 3.14. The molecule has 0 saturated heterocycles. The molecule has 3 nitrogen and oxygen atoms in total. The second-order valence-corrected chi connectivity index (χ2v) is 5.52. The summed E-state index contributed by atoms with van der Waals surface area (Å²) in [5, 5.41) is 3.32. The van der Waals surface area contributed by atoms with Crippen LogP contribution in [0.2, 0.25) is 0 Å². The number of benzene rings is 1. The zero-order chi connectivity index (χ0) is 10.8. The Hall–Kier alpha value is -0.780. The number of carbonyl (C=O) groups excluding carboxylic acids is 1. The van der Waals surface area contributed by atoms with E-state index in [-0.39, 0.29) is 33.3 Å². The molecule has 15 heavy (non-hydrogen) atoms. The van der Waals surface area contributed by atoms with Gasteiger partial charge < -0.3 is 0 Å². The van der Waals surface area contributed by atoms with Crippen LogP contribution in [0.3, 0.4) is 0 Å². The van der Waals surface area contributed by atoms with E-state index in [0.717, 1.165) is 17.9 Å². The topological polar surface area (TPSA) is 32.3 Å². The van der Waals surface area contributed by atoms with Crippen molar-refractivity contribution in [1.29, 1.82) is 0 Å². The Bertz CT molecular complexity index is 381. The zero-order valence-electron chi connectivity index (χ0n) is 8.83. The van der Waals surface area contributed by atoms with Crippen LogP contribution >= 0.6 is 0 Å². The van der Waals surface area contributed by atoms with Gasteiger partial charge in [-0.3, -0.25) is 0 Å². The quantitative estimate of drug-likeness (QED) is 0.397. The van der Waals surface area contributed by atoms with Gasteiger partial charge in [0.15, 0.2) is 0 Å². The van der Waals surface area contributed by atoms with Crippen LogP contribution in [-0.2, 0) is 4.79 Å². The van der Waals surface area contributed by atoms with Crippen LogP contribution in [0.4, 0.5) is 11.4 Å². The molecule has 0 aliphatic carbocycles. The van der Waals surface area contributed by atoms with Crippen LogP contribution in [0.15, 0.2) is 24.3 Å². The number of para-hydroxylation sites is 2. The van der Waals surface area contributed by atoms with Crippen molar-refractivity contribution in [2.75, 3.05) is 19.9 Å². The Labute approximate surface area is 100 Å². The number of nitrogens with one attached hydrogen (secondary N) is 1. The molecule has 0 spiro atoms. The number of amides is 1. The van der Waals surface area contributed by atoms with Gasteiger partial charge in [-0.05, 0) is 0 Å². The minimum absolute atomic E-state index is 0.0667. The summed E-state index contributed by atoms with van der Waals surface area (Å²) in [6, 6.07) is 8.03. The third-order valence-electron chi connectivity index (χ3n) is 2.50. The fraction of sp³-hybridized carbons (Fsp3) is 0.364. The monoisotopic (exact) mass is 317 g/mol. The van der Waals surface area contributed by atoms with E-state index in [1.54, 1.807) is 0 Å². The molecule has 1 amide bonds. The molecule has 4 heteroatoms. The molecular weight excluding hydrogens is 303 g/mol. The number of fused-ring (bicyclic) bond motifs is 1. The summed E-state index contributed by atoms with van der Waals surface area (Å²) in [6.07, 6.45) is 0. The van der Waals surface area contributed by atoms with Crippen molar-refractivity contribution in [1.82, 2.24) is 0 Å². The number of hydrogen-bond acceptors (Lipinski definition) is 2. The maximum atomic E-state index is 12.1. The van der Waals surface area contributed by atoms with Gasteiger partial charge in [0.05, 0.1) is 0 Å². The molecule has 1 aliphatic rings. The summed E-state index contributed by atoms with van der Waals surface area (Å²) < 4.78 is 1.96. The Balaban J connectivity index is 2.45. The van der Waals surface area contributed by atoms with E-state index in [0.29, 0.717) is 0 Å². The molecule has 1 aromatic rings. The number of anilines is 2. The average Bonchev–Trinajstić information content (AvgIpc) is 2.38. The van der Waals surface area contributed by atoms with Crippen molar-refractivity contribution in [3.8, 4) is 0 Å². The fourth-order valence-corrected chi connectivity index (χ4v) is 3.52. The summed E-state index contributed by atoms with van der Waals surface area (Å²) in [5.41, 5.74) is 2.12. The summed E-state index contributed by atoms with van der Waals surface area (Å²) in [5.74, 6) is 0.319. The molecule has 1 unspecified atom stereocenters. The van der Waals surface area contributed by atoms with Crippen molar-refractivity contribution in [3.63, 3.8) is 0 Å². The number of hydrogen-bond donors (Lipinski definition) is 1. The molecule has 0 saturated carbocycles. The van der Waals surface area contributed by atoms with Gasteiger partial charge in [-0.1, -0.05) is 0 Å². The normalized spacial score (nSPS) is 20.8. The summed E-state index contributed by atoms with van der Waals surface area (Å²) in [7, 11) is 0. The molecular formula is C11H14IN2O-. The van der Waals surface area contributed by atoms with Gasteiger partial charge >= 0.3 is 101 Å². The van der Waals surface area contributed by atoms with Gasteiger partial charge in [0, 0.05) is 0 Å². The van der Waals surface area contributed by atoms with Crippen molar-refractivity contribution in [2.45, 2.75) is 6.92 Å². The molecule has 1 N–H and O–H groups in total. The predicted octanol–water partition coefficient (Wildman–Crippen LogP) is -1.28. The van der Waals surface area contributed by atoms with E-state index in [1.165, 1.54) is 0 Å². The first-order chi connectivity index (χ1) is 7.24. The van der Waals surface area contributed by atoms with E-state index in [9.17, 15) is 4.79 Å². The average molecular weight is 317 g/mol. The number of alkyl halides is 1. The van der Waals surface area contributed by atoms with E-state index in [2.05, 4.69) is 10.2 Å². The molecule has 0 fully saturated rings. The van der Waals surface area contributed by atoms with E-state index < -0.39 is 0 Å². The third-order valence-corrected chi connectivity index (χ3v) is 4.46. The molecule has 0 radical (unpaired) electrons. The fourth-order valence-electron chi connectivity index (χ4n) is 1.63. The predicted molar refractivity (Wildman–Crippen MR) is 57.5 cm³/mol. The van der Waals surface area contributed by atoms with Crippen molar-refractivity contribution in [2.24, 2.45) is 5.92 Å². The van der Waals surface area contributed by atoms with Crippen LogP contribution in [-0.4, -0.2) is 17.4 Å². The molecule has 2 rings (SSSR count). The van der Waals surface area contributed by atoms with Crippen LogP contribution in [0.1, 0.15) is 6.92 Å². The second-order valence-electron chi connectivity index (χ2n) is 3.59. The zero-order valence-corrected chi connectivity index (χ0v) is 11.0. The van der Waals surface area contributed by atoms with Gasteiger partial charge in [0.2, 0.25) is 0 Å². The van der Waals surface area contributed by atoms with Crippen molar-refractivity contribution < 1.29 is 26.3 Å². The van der Waals surface area contributed by atoms with Crippen LogP contribution in [0.25, 0.3) is 0 Å². The van der Waals surface area contributed by atoms with Crippen molar-refractivity contribution >= 4 is 17.3 Å². The standard InChI is InChI=1S/C11H14IN2O/c1-8-7-13-9-5-3-4-6-10(9)14(12-2)11(8)15/h3-6,8,13H,7H2,1-2H3/q-1. The summed E-state index contributed by atoms with van der Waals surface area (Å²) >= 11 is -0.244. The maximum absolute atomic E-state index is 12.1. The van der Waals surface area contributed by atoms with Gasteiger partial charge in [0.1, 0.15) is 0 Å². The minimum atomic E-state index is -0.244. The number of carbonyl (C=O) groups is 1. The van der Waals surface area contributed by atoms with Gasteiger partial charge in [-0.15, -0.1) is 0 Å². The molecule has 82 valence electrons. The van der Waals surface area contributed by atoms with E-state index in [4.69, 9.17) is 0 Å². The van der Waals surface area contributed by atoms with Crippen LogP contribution in [0.5, 0.6) is 0 Å². The third kappa shape index (κ3) is 1.95. The Morgan fingerprint density at radius 1 is 1.47 bits per heavy atom. The van der Waals surface area contributed by atoms with Gasteiger partial charge in [-0.2, -0.15) is 0 Å². The molecule has 0 aromatic heterocycles.